The highest BCUT2D eigenvalue weighted by Crippen LogP contribution is 2.28. The van der Waals surface area contributed by atoms with Crippen molar-refractivity contribution in [3.05, 3.63) is 47.0 Å². The highest BCUT2D eigenvalue weighted by atomic mass is 35.5. The van der Waals surface area contributed by atoms with Crippen molar-refractivity contribution in [2.75, 3.05) is 14.1 Å². The van der Waals surface area contributed by atoms with Gasteiger partial charge >= 0.3 is 0 Å². The van der Waals surface area contributed by atoms with Crippen molar-refractivity contribution >= 4 is 22.8 Å². The van der Waals surface area contributed by atoms with Crippen molar-refractivity contribution in [2.24, 2.45) is 0 Å². The molecule has 5 heteroatoms. The van der Waals surface area contributed by atoms with Gasteiger partial charge in [-0.05, 0) is 23.8 Å². The minimum atomic E-state index is 0.471. The van der Waals surface area contributed by atoms with E-state index in [0.29, 0.717) is 5.15 Å². The van der Waals surface area contributed by atoms with E-state index in [4.69, 9.17) is 11.6 Å². The smallest absolute Gasteiger partial charge is 0.154 e. The third-order valence-corrected chi connectivity index (χ3v) is 3.24. The molecule has 4 nitrogen and oxygen atoms in total. The van der Waals surface area contributed by atoms with Crippen LogP contribution in [0.5, 0.6) is 0 Å². The molecule has 0 N–H and O–H groups in total. The predicted octanol–water partition coefficient (Wildman–Crippen LogP) is 2.62. The molecule has 0 aliphatic heterocycles. The minimum absolute atomic E-state index is 0.471. The molecule has 1 aliphatic carbocycles. The molecule has 0 bridgehead atoms. The molecule has 0 unspecified atom stereocenters. The summed E-state index contributed by atoms with van der Waals surface area (Å²) >= 11 is 5.86. The molecule has 92 valence electrons. The Hall–Kier alpha value is -1.81. The Morgan fingerprint density at radius 3 is 2.83 bits per heavy atom. The van der Waals surface area contributed by atoms with E-state index < -0.39 is 0 Å². The second-order valence-electron chi connectivity index (χ2n) is 4.51. The van der Waals surface area contributed by atoms with Gasteiger partial charge in [-0.2, -0.15) is 5.10 Å². The molecule has 0 saturated carbocycles. The van der Waals surface area contributed by atoms with Gasteiger partial charge in [0.2, 0.25) is 0 Å². The first-order valence-electron chi connectivity index (χ1n) is 5.73. The zero-order chi connectivity index (χ0) is 12.7. The summed E-state index contributed by atoms with van der Waals surface area (Å²) in [6.07, 6.45) is 7.06. The van der Waals surface area contributed by atoms with Gasteiger partial charge in [0.15, 0.2) is 5.65 Å². The van der Waals surface area contributed by atoms with Crippen LogP contribution in [0.4, 0.5) is 0 Å². The standard InChI is InChI=1S/C13H13ClN4/c1-17(2)10-4-3-9(7-10)11-8-18-13(15-11)6-5-12(14)16-18/h3-6,8H,7H2,1-2H3. The van der Waals surface area contributed by atoms with Crippen LogP contribution in [0.15, 0.2) is 36.2 Å². The van der Waals surface area contributed by atoms with Crippen LogP contribution in [0.25, 0.3) is 11.2 Å². The van der Waals surface area contributed by atoms with Gasteiger partial charge in [0.25, 0.3) is 0 Å². The van der Waals surface area contributed by atoms with Gasteiger partial charge in [-0.15, -0.1) is 0 Å². The average Bonchev–Trinajstić information content (AvgIpc) is 2.93. The van der Waals surface area contributed by atoms with Crippen molar-refractivity contribution in [3.8, 4) is 0 Å². The fourth-order valence-electron chi connectivity index (χ4n) is 2.01. The van der Waals surface area contributed by atoms with E-state index in [9.17, 15) is 0 Å². The minimum Gasteiger partial charge on any atom is -0.381 e. The third-order valence-electron chi connectivity index (χ3n) is 3.04. The molecule has 0 spiro atoms. The molecule has 0 aromatic carbocycles. The topological polar surface area (TPSA) is 33.4 Å². The van der Waals surface area contributed by atoms with Crippen molar-refractivity contribution < 1.29 is 0 Å². The number of hydrogen-bond donors (Lipinski definition) is 0. The summed E-state index contributed by atoms with van der Waals surface area (Å²) in [5.74, 6) is 0. The van der Waals surface area contributed by atoms with Crippen LogP contribution >= 0.6 is 11.6 Å². The summed E-state index contributed by atoms with van der Waals surface area (Å²) in [7, 11) is 4.10. The van der Waals surface area contributed by atoms with Gasteiger partial charge in [0.05, 0.1) is 11.9 Å². The molecule has 0 amide bonds. The van der Waals surface area contributed by atoms with E-state index in [-0.39, 0.29) is 0 Å². The molecule has 0 fully saturated rings. The second kappa shape index (κ2) is 4.14. The lowest BCUT2D eigenvalue weighted by Gasteiger charge is -2.13. The molecule has 2 aromatic heterocycles. The van der Waals surface area contributed by atoms with E-state index >= 15 is 0 Å². The lowest BCUT2D eigenvalue weighted by molar-refractivity contribution is 0.506. The normalized spacial score (nSPS) is 14.8. The Labute approximate surface area is 110 Å². The largest absolute Gasteiger partial charge is 0.381 e. The number of allylic oxidation sites excluding steroid dienone is 3. The number of fused-ring (bicyclic) bond motifs is 1. The van der Waals surface area contributed by atoms with Crippen LogP contribution in [-0.4, -0.2) is 33.6 Å². The quantitative estimate of drug-likeness (QED) is 0.832. The first-order valence-corrected chi connectivity index (χ1v) is 6.10. The molecule has 0 saturated heterocycles. The maximum absolute atomic E-state index is 5.86. The summed E-state index contributed by atoms with van der Waals surface area (Å²) in [6, 6.07) is 3.62. The van der Waals surface area contributed by atoms with Crippen molar-refractivity contribution in [1.29, 1.82) is 0 Å². The highest BCUT2D eigenvalue weighted by Gasteiger charge is 2.14. The Kier molecular flexibility index (Phi) is 2.59. The molecule has 0 radical (unpaired) electrons. The van der Waals surface area contributed by atoms with E-state index in [1.165, 1.54) is 11.3 Å². The summed E-state index contributed by atoms with van der Waals surface area (Å²) in [5.41, 5.74) is 4.26. The molecule has 0 atom stereocenters. The maximum atomic E-state index is 5.86. The SMILES string of the molecule is CN(C)C1=CC=C(c2cn3nc(Cl)ccc3n2)C1. The Balaban J connectivity index is 1.93. The number of nitrogens with zero attached hydrogens (tertiary/aromatic N) is 4. The zero-order valence-corrected chi connectivity index (χ0v) is 11.0. The van der Waals surface area contributed by atoms with E-state index in [2.05, 4.69) is 27.1 Å². The van der Waals surface area contributed by atoms with Gasteiger partial charge in [0, 0.05) is 26.2 Å². The van der Waals surface area contributed by atoms with Crippen LogP contribution in [0, 0.1) is 0 Å². The van der Waals surface area contributed by atoms with Crippen LogP contribution in [0.2, 0.25) is 5.15 Å². The van der Waals surface area contributed by atoms with Crippen molar-refractivity contribution in [1.82, 2.24) is 19.5 Å². The lowest BCUT2D eigenvalue weighted by atomic mass is 10.1. The van der Waals surface area contributed by atoms with Gasteiger partial charge in [-0.1, -0.05) is 17.7 Å². The van der Waals surface area contributed by atoms with E-state index in [0.717, 1.165) is 17.8 Å². The number of aromatic nitrogens is 3. The number of hydrogen-bond acceptors (Lipinski definition) is 3. The van der Waals surface area contributed by atoms with Crippen LogP contribution in [0.1, 0.15) is 12.1 Å². The summed E-state index contributed by atoms with van der Waals surface area (Å²) < 4.78 is 1.71. The molecule has 2 aromatic rings. The first-order chi connectivity index (χ1) is 8.63. The van der Waals surface area contributed by atoms with Crippen molar-refractivity contribution in [2.45, 2.75) is 6.42 Å². The van der Waals surface area contributed by atoms with E-state index in [1.54, 1.807) is 10.6 Å². The Morgan fingerprint density at radius 2 is 2.11 bits per heavy atom. The number of halogens is 1. The maximum Gasteiger partial charge on any atom is 0.154 e. The summed E-state index contributed by atoms with van der Waals surface area (Å²) in [4.78, 5) is 6.67. The summed E-state index contributed by atoms with van der Waals surface area (Å²) in [6.45, 7) is 0. The van der Waals surface area contributed by atoms with Crippen LogP contribution in [0.3, 0.4) is 0 Å². The fourth-order valence-corrected chi connectivity index (χ4v) is 2.15. The predicted molar refractivity (Wildman–Crippen MR) is 72.4 cm³/mol. The molecule has 2 heterocycles. The second-order valence-corrected chi connectivity index (χ2v) is 4.89. The highest BCUT2D eigenvalue weighted by molar-refractivity contribution is 6.29. The Morgan fingerprint density at radius 1 is 1.28 bits per heavy atom. The molecular weight excluding hydrogens is 248 g/mol. The summed E-state index contributed by atoms with van der Waals surface area (Å²) in [5, 5.41) is 4.66. The number of imidazole rings is 1. The monoisotopic (exact) mass is 260 g/mol. The van der Waals surface area contributed by atoms with Gasteiger partial charge in [-0.3, -0.25) is 0 Å². The van der Waals surface area contributed by atoms with Gasteiger partial charge < -0.3 is 4.90 Å². The van der Waals surface area contributed by atoms with Crippen LogP contribution < -0.4 is 0 Å². The fraction of sp³-hybridized carbons (Fsp3) is 0.231. The van der Waals surface area contributed by atoms with Crippen LogP contribution in [-0.2, 0) is 0 Å². The lowest BCUT2D eigenvalue weighted by Crippen LogP contribution is -2.09. The molecule has 1 aliphatic rings. The average molecular weight is 261 g/mol. The Bertz CT molecular complexity index is 667. The first kappa shape index (κ1) is 11.3. The van der Waals surface area contributed by atoms with Gasteiger partial charge in [0.1, 0.15) is 5.15 Å². The number of rotatable bonds is 2. The molecule has 18 heavy (non-hydrogen) atoms. The third kappa shape index (κ3) is 1.88. The molecular formula is C13H13ClN4. The van der Waals surface area contributed by atoms with E-state index in [1.807, 2.05) is 26.4 Å². The van der Waals surface area contributed by atoms with Gasteiger partial charge in [-0.25, -0.2) is 9.50 Å². The zero-order valence-electron chi connectivity index (χ0n) is 10.3. The van der Waals surface area contributed by atoms with Crippen molar-refractivity contribution in [3.63, 3.8) is 0 Å². The molecule has 3 rings (SSSR count).